The minimum absolute atomic E-state index is 0.00202. The molecule has 3 fully saturated rings. The Morgan fingerprint density at radius 1 is 1.14 bits per heavy atom. The van der Waals surface area contributed by atoms with Crippen LogP contribution in [0.3, 0.4) is 0 Å². The molecule has 4 N–H and O–H groups in total. The highest BCUT2D eigenvalue weighted by Gasteiger charge is 2.54. The molecule has 0 bridgehead atoms. The molecule has 10 nitrogen and oxygen atoms in total. The third kappa shape index (κ3) is 5.10. The molecule has 0 aliphatic heterocycles. The van der Waals surface area contributed by atoms with Crippen LogP contribution in [0.25, 0.3) is 5.52 Å². The Morgan fingerprint density at radius 2 is 1.90 bits per heavy atom. The minimum atomic E-state index is -0.942. The number of amides is 2. The quantitative estimate of drug-likeness (QED) is 0.353. The summed E-state index contributed by atoms with van der Waals surface area (Å²) in [6, 6.07) is 5.74. The van der Waals surface area contributed by atoms with Crippen LogP contribution in [0.4, 0.5) is 0 Å². The number of hydrogen-bond acceptors (Lipinski definition) is 7. The van der Waals surface area contributed by atoms with Crippen molar-refractivity contribution in [1.82, 2.24) is 19.9 Å². The highest BCUT2D eigenvalue weighted by molar-refractivity contribution is 6.01. The molecule has 4 aliphatic rings. The van der Waals surface area contributed by atoms with Crippen LogP contribution in [-0.2, 0) is 12.8 Å². The Morgan fingerprint density at radius 3 is 2.62 bits per heavy atom. The highest BCUT2D eigenvalue weighted by atomic mass is 16.5. The van der Waals surface area contributed by atoms with E-state index in [-0.39, 0.29) is 30.1 Å². The summed E-state index contributed by atoms with van der Waals surface area (Å²) in [6.07, 6.45) is 11.4. The van der Waals surface area contributed by atoms with Crippen LogP contribution in [0.5, 0.6) is 11.6 Å². The number of nitrogens with zero attached hydrogens (tertiary/aromatic N) is 3. The standard InChI is InChI=1S/C32H39N5O5/c1-31(2,40)17-41-26-10-9-25-23(16-34-37(25)27(26)18-7-8-18)29(39)35-20-12-32(13-20)14-21(15-32)42-30-22(28(33)38)11-19-5-3-4-6-24(19)36-30/h9-11,16,18,20-21,40H,3-8,12-15,17H2,1-2H3,(H2,33,38)(H,35,39). The molecular weight excluding hydrogens is 534 g/mol. The first kappa shape index (κ1) is 27.2. The molecule has 3 aromatic rings. The first-order chi connectivity index (χ1) is 20.1. The van der Waals surface area contributed by atoms with Crippen molar-refractivity contribution in [1.29, 1.82) is 0 Å². The number of carbonyl (C=O) groups is 2. The summed E-state index contributed by atoms with van der Waals surface area (Å²) in [5, 5.41) is 17.9. The molecule has 7 rings (SSSR count). The molecule has 2 amide bonds. The number of ether oxygens (including phenoxy) is 2. The SMILES string of the molecule is CC(C)(O)COc1ccc2c(C(=O)NC3CC4(C3)CC(Oc3nc5c(cc3C(N)=O)CCCC5)C4)cnn2c1C1CC1. The van der Waals surface area contributed by atoms with Gasteiger partial charge < -0.3 is 25.6 Å². The highest BCUT2D eigenvalue weighted by Crippen LogP contribution is 2.57. The molecule has 1 spiro atoms. The Hall–Kier alpha value is -3.66. The number of aromatic nitrogens is 3. The van der Waals surface area contributed by atoms with Crippen molar-refractivity contribution in [3.05, 3.63) is 52.5 Å². The molecule has 3 saturated carbocycles. The lowest BCUT2D eigenvalue weighted by atomic mass is 9.53. The van der Waals surface area contributed by atoms with Crippen LogP contribution >= 0.6 is 0 Å². The first-order valence-electron chi connectivity index (χ1n) is 15.2. The molecule has 42 heavy (non-hydrogen) atoms. The van der Waals surface area contributed by atoms with Gasteiger partial charge in [0.15, 0.2) is 0 Å². The van der Waals surface area contributed by atoms with Gasteiger partial charge in [0.1, 0.15) is 24.0 Å². The molecule has 10 heteroatoms. The molecule has 3 aromatic heterocycles. The predicted molar refractivity (Wildman–Crippen MR) is 155 cm³/mol. The van der Waals surface area contributed by atoms with Crippen molar-refractivity contribution in [3.8, 4) is 11.6 Å². The van der Waals surface area contributed by atoms with Gasteiger partial charge >= 0.3 is 0 Å². The van der Waals surface area contributed by atoms with Gasteiger partial charge in [-0.3, -0.25) is 9.59 Å². The lowest BCUT2D eigenvalue weighted by molar-refractivity contribution is -0.0848. The Balaban J connectivity index is 0.970. The molecule has 4 aliphatic carbocycles. The maximum atomic E-state index is 13.3. The molecule has 0 unspecified atom stereocenters. The van der Waals surface area contributed by atoms with Gasteiger partial charge in [0, 0.05) is 17.7 Å². The van der Waals surface area contributed by atoms with E-state index in [0.717, 1.165) is 86.7 Å². The second-order valence-electron chi connectivity index (χ2n) is 13.6. The van der Waals surface area contributed by atoms with Gasteiger partial charge in [-0.25, -0.2) is 9.50 Å². The van der Waals surface area contributed by atoms with Crippen LogP contribution in [0, 0.1) is 5.41 Å². The number of fused-ring (bicyclic) bond motifs is 2. The van der Waals surface area contributed by atoms with Crippen molar-refractivity contribution < 1.29 is 24.2 Å². The van der Waals surface area contributed by atoms with Crippen LogP contribution in [0.15, 0.2) is 24.4 Å². The van der Waals surface area contributed by atoms with Crippen LogP contribution in [0.1, 0.15) is 109 Å². The smallest absolute Gasteiger partial charge is 0.255 e. The zero-order valence-electron chi connectivity index (χ0n) is 24.3. The molecular formula is C32H39N5O5. The summed E-state index contributed by atoms with van der Waals surface area (Å²) in [4.78, 5) is 30.1. The third-order valence-corrected chi connectivity index (χ3v) is 9.29. The zero-order chi connectivity index (χ0) is 29.2. The van der Waals surface area contributed by atoms with Gasteiger partial charge in [0.2, 0.25) is 5.88 Å². The van der Waals surface area contributed by atoms with Gasteiger partial charge in [0.25, 0.3) is 11.8 Å². The molecule has 0 radical (unpaired) electrons. The normalized spacial score (nSPS) is 24.9. The fourth-order valence-electron chi connectivity index (χ4n) is 7.05. The largest absolute Gasteiger partial charge is 0.489 e. The third-order valence-electron chi connectivity index (χ3n) is 9.29. The second-order valence-corrected chi connectivity index (χ2v) is 13.6. The van der Waals surface area contributed by atoms with E-state index in [4.69, 9.17) is 20.2 Å². The van der Waals surface area contributed by atoms with E-state index < -0.39 is 11.5 Å². The number of nitrogens with two attached hydrogens (primary N) is 1. The molecule has 0 saturated heterocycles. The Bertz CT molecular complexity index is 1560. The average molecular weight is 574 g/mol. The van der Waals surface area contributed by atoms with E-state index in [9.17, 15) is 14.7 Å². The number of pyridine rings is 2. The zero-order valence-corrected chi connectivity index (χ0v) is 24.3. The van der Waals surface area contributed by atoms with E-state index in [1.54, 1.807) is 20.0 Å². The number of rotatable bonds is 9. The number of aryl methyl sites for hydroxylation is 2. The molecule has 3 heterocycles. The maximum absolute atomic E-state index is 13.3. The van der Waals surface area contributed by atoms with E-state index in [1.165, 1.54) is 0 Å². The summed E-state index contributed by atoms with van der Waals surface area (Å²) in [5.41, 5.74) is 9.67. The van der Waals surface area contributed by atoms with Gasteiger partial charge in [-0.2, -0.15) is 5.10 Å². The van der Waals surface area contributed by atoms with E-state index in [1.807, 2.05) is 22.7 Å². The lowest BCUT2D eigenvalue weighted by Crippen LogP contribution is -2.58. The van der Waals surface area contributed by atoms with Crippen LogP contribution < -0.4 is 20.5 Å². The number of primary amides is 1. The number of nitrogens with one attached hydrogen (secondary N) is 1. The predicted octanol–water partition coefficient (Wildman–Crippen LogP) is 3.85. The van der Waals surface area contributed by atoms with Gasteiger partial charge in [-0.1, -0.05) is 0 Å². The number of aliphatic hydroxyl groups is 1. The van der Waals surface area contributed by atoms with Crippen LogP contribution in [-0.4, -0.2) is 55.9 Å². The van der Waals surface area contributed by atoms with E-state index in [2.05, 4.69) is 10.4 Å². The second kappa shape index (κ2) is 9.97. The maximum Gasteiger partial charge on any atom is 0.255 e. The van der Waals surface area contributed by atoms with Crippen LogP contribution in [0.2, 0.25) is 0 Å². The first-order valence-corrected chi connectivity index (χ1v) is 15.2. The molecule has 0 atom stereocenters. The van der Waals surface area contributed by atoms with Gasteiger partial charge in [-0.15, -0.1) is 0 Å². The lowest BCUT2D eigenvalue weighted by Gasteiger charge is -2.57. The van der Waals surface area contributed by atoms with Crippen molar-refractivity contribution in [2.24, 2.45) is 11.1 Å². The number of carbonyl (C=O) groups excluding carboxylic acids is 2. The van der Waals surface area contributed by atoms with E-state index >= 15 is 0 Å². The van der Waals surface area contributed by atoms with Crippen molar-refractivity contribution >= 4 is 17.3 Å². The minimum Gasteiger partial charge on any atom is -0.489 e. The van der Waals surface area contributed by atoms with Gasteiger partial charge in [-0.05, 0) is 107 Å². The fourth-order valence-corrected chi connectivity index (χ4v) is 7.05. The monoisotopic (exact) mass is 573 g/mol. The van der Waals surface area contributed by atoms with Crippen molar-refractivity contribution in [3.63, 3.8) is 0 Å². The van der Waals surface area contributed by atoms with Gasteiger partial charge in [0.05, 0.1) is 28.6 Å². The molecule has 0 aromatic carbocycles. The number of hydrogen-bond donors (Lipinski definition) is 3. The fraction of sp³-hybridized carbons (Fsp3) is 0.562. The van der Waals surface area contributed by atoms with E-state index in [0.29, 0.717) is 28.7 Å². The summed E-state index contributed by atoms with van der Waals surface area (Å²) in [5.74, 6) is 0.810. The summed E-state index contributed by atoms with van der Waals surface area (Å²) in [6.45, 7) is 3.61. The summed E-state index contributed by atoms with van der Waals surface area (Å²) < 4.78 is 14.0. The molecule has 222 valence electrons. The average Bonchev–Trinajstić information content (AvgIpc) is 3.65. The Kier molecular flexibility index (Phi) is 6.45. The van der Waals surface area contributed by atoms with Crippen molar-refractivity contribution in [2.75, 3.05) is 6.61 Å². The Labute approximate surface area is 245 Å². The topological polar surface area (TPSA) is 141 Å². The van der Waals surface area contributed by atoms with Crippen molar-refractivity contribution in [2.45, 2.75) is 102 Å². The summed E-state index contributed by atoms with van der Waals surface area (Å²) >= 11 is 0. The summed E-state index contributed by atoms with van der Waals surface area (Å²) in [7, 11) is 0.